The predicted molar refractivity (Wildman–Crippen MR) is 133 cm³/mol. The molecule has 0 radical (unpaired) electrons. The largest absolute Gasteiger partial charge is 0.497 e. The zero-order chi connectivity index (χ0) is 27.8. The van der Waals surface area contributed by atoms with Crippen LogP contribution in [0.2, 0.25) is 0 Å². The van der Waals surface area contributed by atoms with Crippen LogP contribution in [0, 0.1) is 28.6 Å². The highest BCUT2D eigenvalue weighted by molar-refractivity contribution is 7.87. The van der Waals surface area contributed by atoms with Crippen molar-refractivity contribution in [2.24, 2.45) is 16.2 Å². The molecule has 1 unspecified atom stereocenters. The van der Waals surface area contributed by atoms with E-state index in [1.165, 1.54) is 61.7 Å². The number of nitriles is 2. The molecule has 2 aromatic rings. The highest BCUT2D eigenvalue weighted by Crippen LogP contribution is 2.26. The second-order valence-electron chi connectivity index (χ2n) is 7.87. The zero-order valence-corrected chi connectivity index (χ0v) is 21.6. The zero-order valence-electron chi connectivity index (χ0n) is 20.0. The van der Waals surface area contributed by atoms with Gasteiger partial charge in [0.25, 0.3) is 0 Å². The molecule has 1 atom stereocenters. The maximum absolute atomic E-state index is 12.4. The topological polar surface area (TPSA) is 188 Å². The summed E-state index contributed by atoms with van der Waals surface area (Å²) in [5.41, 5.74) is 0.221. The molecule has 0 heterocycles. The van der Waals surface area contributed by atoms with Gasteiger partial charge >= 0.3 is 20.2 Å². The fourth-order valence-corrected chi connectivity index (χ4v) is 4.88. The molecule has 14 heteroatoms. The monoisotopic (exact) mass is 558 g/mol. The van der Waals surface area contributed by atoms with Crippen molar-refractivity contribution in [3.05, 3.63) is 65.7 Å². The molecule has 1 N–H and O–H groups in total. The van der Waals surface area contributed by atoms with E-state index in [1.54, 1.807) is 12.1 Å². The van der Waals surface area contributed by atoms with Crippen molar-refractivity contribution >= 4 is 31.7 Å². The van der Waals surface area contributed by atoms with Crippen LogP contribution in [-0.4, -0.2) is 40.5 Å². The third-order valence-corrected chi connectivity index (χ3v) is 7.68. The van der Waals surface area contributed by atoms with Gasteiger partial charge in [-0.3, -0.25) is 8.57 Å². The first-order chi connectivity index (χ1) is 18.1. The average molecular weight is 559 g/mol. The van der Waals surface area contributed by atoms with Crippen molar-refractivity contribution in [3.63, 3.8) is 0 Å². The molecule has 3 rings (SSSR count). The molecular weight excluding hydrogens is 536 g/mol. The van der Waals surface area contributed by atoms with Crippen LogP contribution in [0.15, 0.2) is 80.3 Å². The van der Waals surface area contributed by atoms with Gasteiger partial charge in [-0.1, -0.05) is 28.5 Å². The number of hydrogen-bond acceptors (Lipinski definition) is 12. The van der Waals surface area contributed by atoms with Gasteiger partial charge in [0.05, 0.1) is 13.7 Å². The van der Waals surface area contributed by atoms with Crippen LogP contribution >= 0.6 is 0 Å². The highest BCUT2D eigenvalue weighted by Gasteiger charge is 2.25. The van der Waals surface area contributed by atoms with Crippen molar-refractivity contribution in [2.45, 2.75) is 35.7 Å². The molecule has 38 heavy (non-hydrogen) atoms. The highest BCUT2D eigenvalue weighted by atomic mass is 32.2. The number of methoxy groups -OCH3 is 1. The van der Waals surface area contributed by atoms with Crippen molar-refractivity contribution in [3.8, 4) is 17.9 Å². The van der Waals surface area contributed by atoms with Gasteiger partial charge in [-0.05, 0) is 66.8 Å². The fraction of sp³-hybridized carbons (Fsp3) is 0.250. The molecule has 0 aromatic heterocycles. The molecule has 0 spiro atoms. The third kappa shape index (κ3) is 6.95. The lowest BCUT2D eigenvalue weighted by molar-refractivity contribution is 0.281. The Kier molecular flexibility index (Phi) is 9.20. The first-order valence-electron chi connectivity index (χ1n) is 11.0. The van der Waals surface area contributed by atoms with Crippen LogP contribution in [0.3, 0.4) is 0 Å². The molecule has 198 valence electrons. The molecule has 0 bridgehead atoms. The molecule has 0 amide bonds. The van der Waals surface area contributed by atoms with Crippen molar-refractivity contribution in [2.75, 3.05) is 7.11 Å². The van der Waals surface area contributed by atoms with E-state index in [0.717, 1.165) is 0 Å². The summed E-state index contributed by atoms with van der Waals surface area (Å²) >= 11 is 0. The number of hydrogen-bond donors (Lipinski definition) is 1. The molecule has 12 nitrogen and oxygen atoms in total. The van der Waals surface area contributed by atoms with Gasteiger partial charge in [-0.25, -0.2) is 0 Å². The number of allylic oxidation sites excluding steroid dienone is 2. The molecule has 1 aliphatic rings. The van der Waals surface area contributed by atoms with E-state index < -0.39 is 26.2 Å². The molecule has 0 saturated heterocycles. The molecular formula is C24H22N4O8S2. The predicted octanol–water partition coefficient (Wildman–Crippen LogP) is 2.78. The lowest BCUT2D eigenvalue weighted by atomic mass is 9.86. The summed E-state index contributed by atoms with van der Waals surface area (Å²) in [4.78, 5) is -0.414. The number of aliphatic hydroxyl groups is 1. The van der Waals surface area contributed by atoms with Crippen LogP contribution in [-0.2, 0) is 35.4 Å². The lowest BCUT2D eigenvalue weighted by Gasteiger charge is -2.18. The van der Waals surface area contributed by atoms with Gasteiger partial charge in [-0.2, -0.15) is 27.4 Å². The average Bonchev–Trinajstić information content (AvgIpc) is 2.94. The Bertz CT molecular complexity index is 1550. The normalized spacial score (nSPS) is 16.5. The minimum atomic E-state index is -4.34. The van der Waals surface area contributed by atoms with E-state index in [2.05, 4.69) is 10.3 Å². The summed E-state index contributed by atoms with van der Waals surface area (Å²) in [6.45, 7) is -0.264. The smallest absolute Gasteiger partial charge is 0.358 e. The summed E-state index contributed by atoms with van der Waals surface area (Å²) in [5, 5.41) is 35.2. The van der Waals surface area contributed by atoms with E-state index >= 15 is 0 Å². The second-order valence-corrected chi connectivity index (χ2v) is 10.9. The Labute approximate surface area is 219 Å². The van der Waals surface area contributed by atoms with Gasteiger partial charge < -0.3 is 9.84 Å². The quantitative estimate of drug-likeness (QED) is 0.335. The Morgan fingerprint density at radius 1 is 0.947 bits per heavy atom. The van der Waals surface area contributed by atoms with Crippen molar-refractivity contribution < 1.29 is 35.2 Å². The molecule has 0 saturated carbocycles. The lowest BCUT2D eigenvalue weighted by Crippen LogP contribution is -2.18. The fourth-order valence-electron chi connectivity index (χ4n) is 3.42. The number of rotatable bonds is 10. The van der Waals surface area contributed by atoms with Gasteiger partial charge in [0, 0.05) is 5.92 Å². The minimum absolute atomic E-state index is 0.192. The van der Waals surface area contributed by atoms with Crippen LogP contribution in [0.4, 0.5) is 0 Å². The Balaban J connectivity index is 1.79. The SMILES string of the molecule is COc1ccc(S(=O)(=O)ON=C(C#N)C2C=C(C(C#N)=NOS(=O)(=O)c3ccc(CO)cc3)CCC2)cc1. The number of aliphatic hydroxyl groups excluding tert-OH is 1. The molecule has 0 fully saturated rings. The van der Waals surface area contributed by atoms with Crippen LogP contribution in [0.25, 0.3) is 0 Å². The molecule has 2 aromatic carbocycles. The molecule has 1 aliphatic carbocycles. The van der Waals surface area contributed by atoms with E-state index in [1.807, 2.05) is 0 Å². The number of oxime groups is 2. The standard InChI is InChI=1S/C24H22N4O8S2/c1-34-20-7-11-22(12-8-20)38(32,33)36-28-24(15-26)19-4-2-3-18(13-19)23(14-25)27-35-37(30,31)21-9-5-17(16-29)6-10-21/h5-13,19,29H,2-4,16H2,1H3. The Hall–Kier alpha value is -4.24. The van der Waals surface area contributed by atoms with E-state index in [4.69, 9.17) is 18.4 Å². The maximum atomic E-state index is 12.4. The van der Waals surface area contributed by atoms with Crippen molar-refractivity contribution in [1.29, 1.82) is 10.5 Å². The number of benzene rings is 2. The number of ether oxygens (including phenoxy) is 1. The minimum Gasteiger partial charge on any atom is -0.497 e. The van der Waals surface area contributed by atoms with E-state index in [0.29, 0.717) is 36.1 Å². The van der Waals surface area contributed by atoms with Crippen molar-refractivity contribution in [1.82, 2.24) is 0 Å². The van der Waals surface area contributed by atoms with Crippen LogP contribution in [0.1, 0.15) is 24.8 Å². The van der Waals surface area contributed by atoms with Gasteiger partial charge in [-0.15, -0.1) is 0 Å². The summed E-state index contributed by atoms with van der Waals surface area (Å²) in [6, 6.07) is 14.2. The first kappa shape index (κ1) is 28.3. The summed E-state index contributed by atoms with van der Waals surface area (Å²) in [6.07, 6.45) is 2.68. The van der Waals surface area contributed by atoms with Gasteiger partial charge in [0.2, 0.25) is 0 Å². The summed E-state index contributed by atoms with van der Waals surface area (Å²) in [5.74, 6) is -0.271. The Morgan fingerprint density at radius 3 is 2.05 bits per heavy atom. The van der Waals surface area contributed by atoms with Gasteiger partial charge in [0.1, 0.15) is 27.7 Å². The van der Waals surface area contributed by atoms with Gasteiger partial charge in [0.15, 0.2) is 11.4 Å². The van der Waals surface area contributed by atoms with E-state index in [9.17, 15) is 27.4 Å². The third-order valence-electron chi connectivity index (χ3n) is 5.44. The summed E-state index contributed by atoms with van der Waals surface area (Å²) in [7, 11) is -7.22. The Morgan fingerprint density at radius 2 is 1.53 bits per heavy atom. The first-order valence-corrected chi connectivity index (χ1v) is 13.8. The van der Waals surface area contributed by atoms with E-state index in [-0.39, 0.29) is 27.8 Å². The second kappa shape index (κ2) is 12.3. The maximum Gasteiger partial charge on any atom is 0.358 e. The number of nitrogens with zero attached hydrogens (tertiary/aromatic N) is 4. The van der Waals surface area contributed by atoms with Crippen LogP contribution in [0.5, 0.6) is 5.75 Å². The van der Waals surface area contributed by atoms with Crippen LogP contribution < -0.4 is 4.74 Å². The summed E-state index contributed by atoms with van der Waals surface area (Å²) < 4.78 is 64.1. The molecule has 0 aliphatic heterocycles.